The van der Waals surface area contributed by atoms with Crippen molar-refractivity contribution in [3.63, 3.8) is 0 Å². The van der Waals surface area contributed by atoms with Gasteiger partial charge in [0.05, 0.1) is 14.2 Å². The Morgan fingerprint density at radius 3 is 2.35 bits per heavy atom. The van der Waals surface area contributed by atoms with Crippen molar-refractivity contribution in [3.8, 4) is 22.9 Å². The average Bonchev–Trinajstić information content (AvgIpc) is 3.31. The Balaban J connectivity index is 1.85. The standard InChI is InChI=1S/C26H33FN6O4/c1-7-20(25(35)28-26(2,3)4)32(15-17-8-11-19(27)12-9-17)23(34)16-33-30-24(29-31-33)18-10-13-21(36-5)22(14-18)37-6/h8-14,20H,7,15-16H2,1-6H3,(H,28,35)/t20-/m1/s1. The summed E-state index contributed by atoms with van der Waals surface area (Å²) in [6.45, 7) is 7.34. The molecule has 0 unspecified atom stereocenters. The largest absolute Gasteiger partial charge is 0.493 e. The van der Waals surface area contributed by atoms with Gasteiger partial charge in [-0.2, -0.15) is 4.80 Å². The number of tetrazole rings is 1. The van der Waals surface area contributed by atoms with Gasteiger partial charge in [-0.25, -0.2) is 4.39 Å². The Labute approximate surface area is 215 Å². The Bertz CT molecular complexity index is 1220. The van der Waals surface area contributed by atoms with Gasteiger partial charge in [0, 0.05) is 17.6 Å². The van der Waals surface area contributed by atoms with Crippen molar-refractivity contribution in [2.75, 3.05) is 14.2 Å². The predicted molar refractivity (Wildman–Crippen MR) is 135 cm³/mol. The van der Waals surface area contributed by atoms with Crippen LogP contribution in [0.2, 0.25) is 0 Å². The molecule has 1 N–H and O–H groups in total. The molecule has 1 atom stereocenters. The van der Waals surface area contributed by atoms with E-state index in [4.69, 9.17) is 9.47 Å². The second-order valence-electron chi connectivity index (χ2n) is 9.52. The quantitative estimate of drug-likeness (QED) is 0.444. The molecular formula is C26H33FN6O4. The molecule has 3 rings (SSSR count). The van der Waals surface area contributed by atoms with Crippen LogP contribution in [0.15, 0.2) is 42.5 Å². The first-order chi connectivity index (χ1) is 17.5. The number of carbonyl (C=O) groups is 2. The number of nitrogens with zero attached hydrogens (tertiary/aromatic N) is 5. The van der Waals surface area contributed by atoms with Crippen molar-refractivity contribution >= 4 is 11.8 Å². The third kappa shape index (κ3) is 7.25. The first-order valence-corrected chi connectivity index (χ1v) is 11.9. The molecule has 37 heavy (non-hydrogen) atoms. The van der Waals surface area contributed by atoms with Crippen LogP contribution in [0.25, 0.3) is 11.4 Å². The van der Waals surface area contributed by atoms with Gasteiger partial charge in [0.2, 0.25) is 17.6 Å². The number of nitrogens with one attached hydrogen (secondary N) is 1. The van der Waals surface area contributed by atoms with Crippen LogP contribution in [0.3, 0.4) is 0 Å². The van der Waals surface area contributed by atoms with Crippen molar-refractivity contribution in [1.82, 2.24) is 30.4 Å². The molecule has 10 nitrogen and oxygen atoms in total. The molecule has 0 spiro atoms. The average molecular weight is 513 g/mol. The number of rotatable bonds is 10. The van der Waals surface area contributed by atoms with Gasteiger partial charge in [0.15, 0.2) is 11.5 Å². The van der Waals surface area contributed by atoms with Crippen molar-refractivity contribution in [1.29, 1.82) is 0 Å². The monoisotopic (exact) mass is 512 g/mol. The molecule has 3 aromatic rings. The maximum Gasteiger partial charge on any atom is 0.247 e. The maximum absolute atomic E-state index is 13.5. The fourth-order valence-electron chi connectivity index (χ4n) is 3.77. The zero-order chi connectivity index (χ0) is 27.2. The van der Waals surface area contributed by atoms with Crippen molar-refractivity contribution in [2.24, 2.45) is 0 Å². The van der Waals surface area contributed by atoms with Crippen LogP contribution in [0.5, 0.6) is 11.5 Å². The van der Waals surface area contributed by atoms with Crippen LogP contribution in [-0.2, 0) is 22.7 Å². The number of benzene rings is 2. The Morgan fingerprint density at radius 2 is 1.76 bits per heavy atom. The van der Waals surface area contributed by atoms with Gasteiger partial charge in [-0.3, -0.25) is 9.59 Å². The number of methoxy groups -OCH3 is 2. The van der Waals surface area contributed by atoms with Crippen LogP contribution in [0, 0.1) is 5.82 Å². The lowest BCUT2D eigenvalue weighted by molar-refractivity contribution is -0.142. The summed E-state index contributed by atoms with van der Waals surface area (Å²) in [5.41, 5.74) is 0.849. The van der Waals surface area contributed by atoms with E-state index in [0.717, 1.165) is 0 Å². The highest BCUT2D eigenvalue weighted by Gasteiger charge is 2.31. The van der Waals surface area contributed by atoms with E-state index >= 15 is 0 Å². The summed E-state index contributed by atoms with van der Waals surface area (Å²) >= 11 is 0. The molecule has 2 amide bonds. The van der Waals surface area contributed by atoms with Gasteiger partial charge >= 0.3 is 0 Å². The SMILES string of the molecule is CC[C@H](C(=O)NC(C)(C)C)N(Cc1ccc(F)cc1)C(=O)Cn1nnc(-c2ccc(OC)c(OC)c2)n1. The number of ether oxygens (including phenoxy) is 2. The smallest absolute Gasteiger partial charge is 0.247 e. The molecule has 0 aliphatic rings. The number of halogens is 1. The minimum Gasteiger partial charge on any atom is -0.493 e. The summed E-state index contributed by atoms with van der Waals surface area (Å²) in [7, 11) is 3.07. The second-order valence-corrected chi connectivity index (χ2v) is 9.52. The van der Waals surface area contributed by atoms with Crippen molar-refractivity contribution < 1.29 is 23.5 Å². The molecule has 1 heterocycles. The molecule has 0 saturated heterocycles. The summed E-state index contributed by atoms with van der Waals surface area (Å²) < 4.78 is 24.0. The molecule has 1 aromatic heterocycles. The van der Waals surface area contributed by atoms with Crippen LogP contribution in [-0.4, -0.2) is 62.7 Å². The lowest BCUT2D eigenvalue weighted by Gasteiger charge is -2.33. The zero-order valence-electron chi connectivity index (χ0n) is 22.0. The highest BCUT2D eigenvalue weighted by atomic mass is 19.1. The normalized spacial score (nSPS) is 12.1. The third-order valence-corrected chi connectivity index (χ3v) is 5.52. The number of hydrogen-bond acceptors (Lipinski definition) is 7. The van der Waals surface area contributed by atoms with Gasteiger partial charge in [-0.05, 0) is 68.3 Å². The highest BCUT2D eigenvalue weighted by molar-refractivity contribution is 5.88. The summed E-state index contributed by atoms with van der Waals surface area (Å²) in [5, 5.41) is 15.4. The topological polar surface area (TPSA) is 111 Å². The first kappa shape index (κ1) is 27.6. The zero-order valence-corrected chi connectivity index (χ0v) is 22.0. The number of carbonyl (C=O) groups excluding carboxylic acids is 2. The maximum atomic E-state index is 13.5. The number of amides is 2. The Kier molecular flexibility index (Phi) is 8.80. The molecule has 11 heteroatoms. The summed E-state index contributed by atoms with van der Waals surface area (Å²) in [4.78, 5) is 29.2. The summed E-state index contributed by atoms with van der Waals surface area (Å²) in [6.07, 6.45) is 0.385. The molecule has 0 aliphatic heterocycles. The van der Waals surface area contributed by atoms with Crippen LogP contribution >= 0.6 is 0 Å². The summed E-state index contributed by atoms with van der Waals surface area (Å²) in [5.74, 6) is 0.336. The molecule has 2 aromatic carbocycles. The molecule has 0 aliphatic carbocycles. The van der Waals surface area contributed by atoms with E-state index < -0.39 is 11.6 Å². The predicted octanol–water partition coefficient (Wildman–Crippen LogP) is 3.22. The van der Waals surface area contributed by atoms with Gasteiger partial charge < -0.3 is 19.7 Å². The molecule has 0 fully saturated rings. The molecular weight excluding hydrogens is 479 g/mol. The van der Waals surface area contributed by atoms with E-state index in [2.05, 4.69) is 20.7 Å². The van der Waals surface area contributed by atoms with Crippen molar-refractivity contribution in [2.45, 2.75) is 58.8 Å². The summed E-state index contributed by atoms with van der Waals surface area (Å²) in [6, 6.07) is 10.3. The first-order valence-electron chi connectivity index (χ1n) is 11.9. The molecule has 0 radical (unpaired) electrons. The fraction of sp³-hybridized carbons (Fsp3) is 0.423. The van der Waals surface area contributed by atoms with Crippen molar-refractivity contribution in [3.05, 3.63) is 53.8 Å². The van der Waals surface area contributed by atoms with Crippen LogP contribution in [0.4, 0.5) is 4.39 Å². The minimum absolute atomic E-state index is 0.117. The lowest BCUT2D eigenvalue weighted by atomic mass is 10.1. The lowest BCUT2D eigenvalue weighted by Crippen LogP contribution is -2.54. The van der Waals surface area contributed by atoms with E-state index in [9.17, 15) is 14.0 Å². The molecule has 0 bridgehead atoms. The Morgan fingerprint density at radius 1 is 1.08 bits per heavy atom. The number of aromatic nitrogens is 4. The van der Waals surface area contributed by atoms with Crippen LogP contribution in [0.1, 0.15) is 39.7 Å². The number of hydrogen-bond donors (Lipinski definition) is 1. The minimum atomic E-state index is -0.745. The van der Waals surface area contributed by atoms with E-state index in [1.54, 1.807) is 37.4 Å². The second kappa shape index (κ2) is 11.8. The van der Waals surface area contributed by atoms with E-state index in [-0.39, 0.29) is 30.7 Å². The molecule has 0 saturated carbocycles. The highest BCUT2D eigenvalue weighted by Crippen LogP contribution is 2.30. The van der Waals surface area contributed by atoms with Gasteiger partial charge in [-0.1, -0.05) is 19.1 Å². The third-order valence-electron chi connectivity index (χ3n) is 5.52. The van der Waals surface area contributed by atoms with Crippen LogP contribution < -0.4 is 14.8 Å². The Hall–Kier alpha value is -4.02. The van der Waals surface area contributed by atoms with Gasteiger partial charge in [-0.15, -0.1) is 10.2 Å². The van der Waals surface area contributed by atoms with Gasteiger partial charge in [0.25, 0.3) is 0 Å². The van der Waals surface area contributed by atoms with E-state index in [1.807, 2.05) is 27.7 Å². The molecule has 198 valence electrons. The van der Waals surface area contributed by atoms with E-state index in [0.29, 0.717) is 34.9 Å². The fourth-order valence-corrected chi connectivity index (χ4v) is 3.77. The van der Waals surface area contributed by atoms with E-state index in [1.165, 1.54) is 28.9 Å². The van der Waals surface area contributed by atoms with Gasteiger partial charge in [0.1, 0.15) is 18.4 Å².